The number of hydrogen-bond acceptors (Lipinski definition) is 4. The highest BCUT2D eigenvalue weighted by atomic mass is 35.5. The largest absolute Gasteiger partial charge is 0.375 e. The molecular weight excluding hydrogens is 346 g/mol. The number of piperidine rings is 1. The number of allylic oxidation sites excluding steroid dienone is 1. The van der Waals surface area contributed by atoms with Crippen molar-refractivity contribution in [1.29, 1.82) is 0 Å². The van der Waals surface area contributed by atoms with Crippen molar-refractivity contribution in [3.8, 4) is 0 Å². The second-order valence-corrected chi connectivity index (χ2v) is 7.89. The van der Waals surface area contributed by atoms with Crippen LogP contribution in [0.3, 0.4) is 0 Å². The minimum atomic E-state index is 0.426. The Hall–Kier alpha value is -2.14. The van der Waals surface area contributed by atoms with E-state index in [2.05, 4.69) is 32.9 Å². The summed E-state index contributed by atoms with van der Waals surface area (Å²) in [7, 11) is 0. The van der Waals surface area contributed by atoms with E-state index >= 15 is 0 Å². The summed E-state index contributed by atoms with van der Waals surface area (Å²) >= 11 is 6.17. The number of fused-ring (bicyclic) bond motifs is 3. The monoisotopic (exact) mass is 367 g/mol. The molecule has 0 aromatic carbocycles. The lowest BCUT2D eigenvalue weighted by Gasteiger charge is -2.36. The summed E-state index contributed by atoms with van der Waals surface area (Å²) in [6, 6.07) is 4.15. The van der Waals surface area contributed by atoms with Crippen LogP contribution in [-0.2, 0) is 0 Å². The minimum Gasteiger partial charge on any atom is -0.375 e. The Labute approximate surface area is 157 Å². The molecule has 0 spiro atoms. The minimum absolute atomic E-state index is 0.426. The molecule has 3 aromatic heterocycles. The van der Waals surface area contributed by atoms with Crippen LogP contribution in [0.1, 0.15) is 37.5 Å². The van der Waals surface area contributed by atoms with Crippen LogP contribution in [-0.4, -0.2) is 37.5 Å². The molecule has 0 amide bonds. The molecule has 0 unspecified atom stereocenters. The van der Waals surface area contributed by atoms with Crippen LogP contribution in [0.4, 0.5) is 0 Å². The van der Waals surface area contributed by atoms with E-state index in [0.29, 0.717) is 11.2 Å². The van der Waals surface area contributed by atoms with E-state index in [1.54, 1.807) is 6.07 Å². The predicted molar refractivity (Wildman–Crippen MR) is 104 cm³/mol. The smallest absolute Gasteiger partial charge is 0.130 e. The van der Waals surface area contributed by atoms with Gasteiger partial charge in [0.25, 0.3) is 0 Å². The van der Waals surface area contributed by atoms with E-state index in [9.17, 15) is 0 Å². The number of halogens is 1. The standard InChI is InChI=1S/C20H22ClN5/c1-12(14-3-4-14)25-9-7-15(8-10-25)26-13(2)23-17-11-22-16-5-6-18(21)24-19(16)20(17)26/h5-6,11,14-15H,1,3-4,7-10H2,2H3. The molecule has 5 rings (SSSR count). The van der Waals surface area contributed by atoms with Gasteiger partial charge in [0.15, 0.2) is 0 Å². The maximum Gasteiger partial charge on any atom is 0.130 e. The van der Waals surface area contributed by atoms with Crippen molar-refractivity contribution in [1.82, 2.24) is 24.4 Å². The number of nitrogens with zero attached hydrogens (tertiary/aromatic N) is 5. The van der Waals surface area contributed by atoms with Gasteiger partial charge in [0.2, 0.25) is 0 Å². The fraction of sp³-hybridized carbons (Fsp3) is 0.450. The summed E-state index contributed by atoms with van der Waals surface area (Å²) in [5, 5.41) is 0.493. The highest BCUT2D eigenvalue weighted by molar-refractivity contribution is 6.30. The average molecular weight is 368 g/mol. The summed E-state index contributed by atoms with van der Waals surface area (Å²) in [5.41, 5.74) is 5.02. The van der Waals surface area contributed by atoms with Gasteiger partial charge in [-0.15, -0.1) is 0 Å². The van der Waals surface area contributed by atoms with Gasteiger partial charge in [-0.3, -0.25) is 4.98 Å². The van der Waals surface area contributed by atoms with E-state index in [1.165, 1.54) is 18.5 Å². The first-order valence-electron chi connectivity index (χ1n) is 9.35. The van der Waals surface area contributed by atoms with E-state index in [-0.39, 0.29) is 0 Å². The van der Waals surface area contributed by atoms with Crippen LogP contribution in [0, 0.1) is 12.8 Å². The third-order valence-corrected chi connectivity index (χ3v) is 6.00. The zero-order chi connectivity index (χ0) is 17.8. The van der Waals surface area contributed by atoms with Crippen LogP contribution >= 0.6 is 11.6 Å². The van der Waals surface area contributed by atoms with Gasteiger partial charge in [0.1, 0.15) is 22.0 Å². The maximum absolute atomic E-state index is 6.17. The topological polar surface area (TPSA) is 46.8 Å². The second-order valence-electron chi connectivity index (χ2n) is 7.51. The molecule has 134 valence electrons. The molecule has 1 saturated carbocycles. The summed E-state index contributed by atoms with van der Waals surface area (Å²) in [6.45, 7) is 8.53. The SMILES string of the molecule is C=C(C1CC1)N1CCC(n2c(C)nc3cnc4ccc(Cl)nc4c32)CC1. The van der Waals surface area contributed by atoms with Gasteiger partial charge in [-0.05, 0) is 50.7 Å². The number of hydrogen-bond donors (Lipinski definition) is 0. The number of pyridine rings is 2. The molecule has 3 aromatic rings. The van der Waals surface area contributed by atoms with Gasteiger partial charge < -0.3 is 9.47 Å². The molecule has 0 radical (unpaired) electrons. The molecule has 26 heavy (non-hydrogen) atoms. The first-order chi connectivity index (χ1) is 12.6. The summed E-state index contributed by atoms with van der Waals surface area (Å²) in [5.74, 6) is 1.76. The Morgan fingerprint density at radius 2 is 1.88 bits per heavy atom. The summed E-state index contributed by atoms with van der Waals surface area (Å²) in [4.78, 5) is 16.3. The van der Waals surface area contributed by atoms with E-state index in [0.717, 1.165) is 59.7 Å². The van der Waals surface area contributed by atoms with Crippen molar-refractivity contribution in [2.24, 2.45) is 5.92 Å². The Morgan fingerprint density at radius 1 is 1.12 bits per heavy atom. The quantitative estimate of drug-likeness (QED) is 0.639. The van der Waals surface area contributed by atoms with E-state index < -0.39 is 0 Å². The lowest BCUT2D eigenvalue weighted by atomic mass is 10.0. The number of likely N-dealkylation sites (tertiary alicyclic amines) is 1. The molecule has 0 N–H and O–H groups in total. The van der Waals surface area contributed by atoms with Gasteiger partial charge in [0, 0.05) is 24.8 Å². The zero-order valence-corrected chi connectivity index (χ0v) is 15.7. The molecule has 4 heterocycles. The lowest BCUT2D eigenvalue weighted by Crippen LogP contribution is -2.34. The second kappa shape index (κ2) is 5.95. The van der Waals surface area contributed by atoms with Gasteiger partial charge in [-0.1, -0.05) is 18.2 Å². The molecule has 0 atom stereocenters. The van der Waals surface area contributed by atoms with Crippen molar-refractivity contribution in [2.75, 3.05) is 13.1 Å². The third kappa shape index (κ3) is 2.57. The zero-order valence-electron chi connectivity index (χ0n) is 15.0. The number of imidazole rings is 1. The summed E-state index contributed by atoms with van der Waals surface area (Å²) in [6.07, 6.45) is 6.68. The Kier molecular flexibility index (Phi) is 3.67. The average Bonchev–Trinajstić information content (AvgIpc) is 3.43. The normalized spacial score (nSPS) is 18.8. The highest BCUT2D eigenvalue weighted by Gasteiger charge is 2.31. The lowest BCUT2D eigenvalue weighted by molar-refractivity contribution is 0.221. The van der Waals surface area contributed by atoms with Crippen molar-refractivity contribution in [3.63, 3.8) is 0 Å². The van der Waals surface area contributed by atoms with Crippen LogP contribution in [0.25, 0.3) is 22.1 Å². The van der Waals surface area contributed by atoms with E-state index in [4.69, 9.17) is 16.6 Å². The molecule has 2 aliphatic rings. The van der Waals surface area contributed by atoms with Gasteiger partial charge >= 0.3 is 0 Å². The number of aryl methyl sites for hydroxylation is 1. The van der Waals surface area contributed by atoms with Crippen LogP contribution < -0.4 is 0 Å². The maximum atomic E-state index is 6.17. The van der Waals surface area contributed by atoms with Gasteiger partial charge in [-0.2, -0.15) is 0 Å². The highest BCUT2D eigenvalue weighted by Crippen LogP contribution is 2.39. The summed E-state index contributed by atoms with van der Waals surface area (Å²) < 4.78 is 2.36. The van der Waals surface area contributed by atoms with Crippen LogP contribution in [0.2, 0.25) is 5.15 Å². The Bertz CT molecular complexity index is 1010. The fourth-order valence-electron chi connectivity index (χ4n) is 4.26. The molecule has 1 aliphatic heterocycles. The fourth-order valence-corrected chi connectivity index (χ4v) is 4.41. The molecule has 6 heteroatoms. The van der Waals surface area contributed by atoms with Crippen LogP contribution in [0.5, 0.6) is 0 Å². The molecule has 2 fully saturated rings. The number of aromatic nitrogens is 4. The van der Waals surface area contributed by atoms with Gasteiger partial charge in [0.05, 0.1) is 17.2 Å². The number of rotatable bonds is 3. The Balaban J connectivity index is 1.53. The van der Waals surface area contributed by atoms with Crippen molar-refractivity contribution >= 4 is 33.7 Å². The third-order valence-electron chi connectivity index (χ3n) is 5.79. The first-order valence-corrected chi connectivity index (χ1v) is 9.73. The molecule has 0 bridgehead atoms. The molecule has 5 nitrogen and oxygen atoms in total. The van der Waals surface area contributed by atoms with E-state index in [1.807, 2.05) is 12.3 Å². The van der Waals surface area contributed by atoms with Crippen molar-refractivity contribution in [3.05, 3.63) is 41.6 Å². The molecule has 1 aliphatic carbocycles. The first kappa shape index (κ1) is 16.1. The molecule has 1 saturated heterocycles. The molecular formula is C20H22ClN5. The van der Waals surface area contributed by atoms with Crippen LogP contribution in [0.15, 0.2) is 30.6 Å². The van der Waals surface area contributed by atoms with Crippen molar-refractivity contribution in [2.45, 2.75) is 38.6 Å². The Morgan fingerprint density at radius 3 is 2.62 bits per heavy atom. The predicted octanol–water partition coefficient (Wildman–Crippen LogP) is 4.50. The van der Waals surface area contributed by atoms with Crippen molar-refractivity contribution < 1.29 is 0 Å². The van der Waals surface area contributed by atoms with Gasteiger partial charge in [-0.25, -0.2) is 9.97 Å².